The number of aliphatic hydroxyl groups is 1. The molecular formula is C14H18BrFO. The van der Waals surface area contributed by atoms with Gasteiger partial charge >= 0.3 is 0 Å². The van der Waals surface area contributed by atoms with Crippen molar-refractivity contribution in [1.29, 1.82) is 0 Å². The average Bonchev–Trinajstić information content (AvgIpc) is 2.34. The molecule has 0 aliphatic heterocycles. The second-order valence-electron chi connectivity index (χ2n) is 4.93. The third kappa shape index (κ3) is 3.52. The quantitative estimate of drug-likeness (QED) is 0.865. The molecule has 2 rings (SSSR count). The minimum absolute atomic E-state index is 0.301. The van der Waals surface area contributed by atoms with Crippen LogP contribution in [-0.2, 0) is 0 Å². The lowest BCUT2D eigenvalue weighted by Crippen LogP contribution is -2.11. The molecule has 1 nitrogen and oxygen atoms in total. The van der Waals surface area contributed by atoms with Crippen LogP contribution in [-0.4, -0.2) is 5.11 Å². The highest BCUT2D eigenvalue weighted by Gasteiger charge is 2.19. The normalized spacial score (nSPS) is 19.2. The second kappa shape index (κ2) is 5.96. The van der Waals surface area contributed by atoms with Gasteiger partial charge in [-0.3, -0.25) is 0 Å². The summed E-state index contributed by atoms with van der Waals surface area (Å²) in [5.41, 5.74) is 0.691. The molecule has 17 heavy (non-hydrogen) atoms. The number of benzene rings is 1. The van der Waals surface area contributed by atoms with Crippen molar-refractivity contribution in [2.45, 2.75) is 44.6 Å². The molecule has 1 saturated carbocycles. The molecule has 0 saturated heterocycles. The average molecular weight is 301 g/mol. The van der Waals surface area contributed by atoms with Gasteiger partial charge in [-0.05, 0) is 46.0 Å². The molecule has 1 unspecified atom stereocenters. The molecule has 1 fully saturated rings. The molecule has 1 aromatic carbocycles. The number of hydrogen-bond acceptors (Lipinski definition) is 1. The molecule has 0 heterocycles. The van der Waals surface area contributed by atoms with E-state index in [-0.39, 0.29) is 5.82 Å². The summed E-state index contributed by atoms with van der Waals surface area (Å²) in [6, 6.07) is 4.88. The Morgan fingerprint density at radius 2 is 2.00 bits per heavy atom. The largest absolute Gasteiger partial charge is 0.388 e. The van der Waals surface area contributed by atoms with Crippen LogP contribution in [0.15, 0.2) is 22.7 Å². The Morgan fingerprint density at radius 3 is 2.65 bits per heavy atom. The van der Waals surface area contributed by atoms with Gasteiger partial charge in [0, 0.05) is 0 Å². The Bertz CT molecular complexity index is 374. The van der Waals surface area contributed by atoms with Crippen molar-refractivity contribution in [2.24, 2.45) is 5.92 Å². The Hall–Kier alpha value is -0.410. The van der Waals surface area contributed by atoms with Gasteiger partial charge in [0.25, 0.3) is 0 Å². The highest BCUT2D eigenvalue weighted by atomic mass is 79.9. The van der Waals surface area contributed by atoms with Crippen LogP contribution < -0.4 is 0 Å². The van der Waals surface area contributed by atoms with E-state index < -0.39 is 6.10 Å². The summed E-state index contributed by atoms with van der Waals surface area (Å²) in [5.74, 6) is 0.302. The zero-order chi connectivity index (χ0) is 12.3. The molecule has 0 amide bonds. The van der Waals surface area contributed by atoms with Crippen molar-refractivity contribution in [2.75, 3.05) is 0 Å². The van der Waals surface area contributed by atoms with Gasteiger partial charge in [0.1, 0.15) is 5.82 Å². The maximum absolute atomic E-state index is 13.4. The Balaban J connectivity index is 1.98. The number of rotatable bonds is 3. The lowest BCUT2D eigenvalue weighted by atomic mass is 9.84. The molecule has 1 aliphatic carbocycles. The van der Waals surface area contributed by atoms with Crippen molar-refractivity contribution in [3.8, 4) is 0 Å². The highest BCUT2D eigenvalue weighted by molar-refractivity contribution is 9.10. The summed E-state index contributed by atoms with van der Waals surface area (Å²) in [7, 11) is 0. The fourth-order valence-electron chi connectivity index (χ4n) is 2.59. The van der Waals surface area contributed by atoms with Crippen LogP contribution in [0.3, 0.4) is 0 Å². The zero-order valence-corrected chi connectivity index (χ0v) is 11.4. The van der Waals surface area contributed by atoms with Crippen molar-refractivity contribution >= 4 is 15.9 Å². The van der Waals surface area contributed by atoms with E-state index in [1.807, 2.05) is 0 Å². The molecule has 3 heteroatoms. The predicted molar refractivity (Wildman–Crippen MR) is 70.3 cm³/mol. The third-order valence-corrected chi connectivity index (χ3v) is 4.25. The van der Waals surface area contributed by atoms with Crippen molar-refractivity contribution in [1.82, 2.24) is 0 Å². The fraction of sp³-hybridized carbons (Fsp3) is 0.571. The molecular weight excluding hydrogens is 283 g/mol. The van der Waals surface area contributed by atoms with Gasteiger partial charge in [0.15, 0.2) is 0 Å². The van der Waals surface area contributed by atoms with Gasteiger partial charge in [-0.2, -0.15) is 0 Å². The van der Waals surface area contributed by atoms with Gasteiger partial charge in [-0.1, -0.05) is 38.2 Å². The Morgan fingerprint density at radius 1 is 1.29 bits per heavy atom. The molecule has 1 aromatic rings. The first-order valence-corrected chi connectivity index (χ1v) is 7.09. The summed E-state index contributed by atoms with van der Waals surface area (Å²) < 4.78 is 13.8. The summed E-state index contributed by atoms with van der Waals surface area (Å²) in [6.45, 7) is 0. The van der Waals surface area contributed by atoms with E-state index in [4.69, 9.17) is 0 Å². The number of halogens is 2. The van der Waals surface area contributed by atoms with E-state index in [1.165, 1.54) is 38.2 Å². The van der Waals surface area contributed by atoms with Crippen LogP contribution in [0, 0.1) is 11.7 Å². The predicted octanol–water partition coefficient (Wildman–Crippen LogP) is 4.59. The van der Waals surface area contributed by atoms with E-state index in [2.05, 4.69) is 15.9 Å². The molecule has 1 N–H and O–H groups in total. The fourth-order valence-corrected chi connectivity index (χ4v) is 2.84. The van der Waals surface area contributed by atoms with E-state index in [0.717, 1.165) is 6.42 Å². The van der Waals surface area contributed by atoms with Crippen molar-refractivity contribution in [3.63, 3.8) is 0 Å². The second-order valence-corrected chi connectivity index (χ2v) is 5.78. The Labute approximate surface area is 110 Å². The van der Waals surface area contributed by atoms with E-state index in [0.29, 0.717) is 16.0 Å². The highest BCUT2D eigenvalue weighted by Crippen LogP contribution is 2.32. The summed E-state index contributed by atoms with van der Waals surface area (Å²) >= 11 is 3.12. The first-order valence-electron chi connectivity index (χ1n) is 6.30. The third-order valence-electron chi connectivity index (χ3n) is 3.61. The minimum atomic E-state index is -0.527. The molecule has 0 radical (unpaired) electrons. The van der Waals surface area contributed by atoms with Crippen molar-refractivity contribution < 1.29 is 9.50 Å². The van der Waals surface area contributed by atoms with E-state index >= 15 is 0 Å². The molecule has 1 atom stereocenters. The van der Waals surface area contributed by atoms with Crippen LogP contribution in [0.4, 0.5) is 4.39 Å². The lowest BCUT2D eigenvalue weighted by molar-refractivity contribution is 0.131. The molecule has 0 aromatic heterocycles. The molecule has 0 bridgehead atoms. The van der Waals surface area contributed by atoms with Crippen LogP contribution in [0.5, 0.6) is 0 Å². The van der Waals surface area contributed by atoms with Gasteiger partial charge in [0.05, 0.1) is 10.6 Å². The molecule has 1 aliphatic rings. The van der Waals surface area contributed by atoms with Crippen LogP contribution in [0.1, 0.15) is 50.2 Å². The lowest BCUT2D eigenvalue weighted by Gasteiger charge is -2.24. The van der Waals surface area contributed by atoms with Crippen LogP contribution in [0.25, 0.3) is 0 Å². The van der Waals surface area contributed by atoms with Crippen LogP contribution >= 0.6 is 15.9 Å². The summed E-state index contributed by atoms with van der Waals surface area (Å²) in [4.78, 5) is 0. The topological polar surface area (TPSA) is 20.2 Å². The van der Waals surface area contributed by atoms with Gasteiger partial charge in [-0.15, -0.1) is 0 Å². The SMILES string of the molecule is OC(CC1CCCCC1)c1ccc(Br)c(F)c1. The summed E-state index contributed by atoms with van der Waals surface area (Å²) in [6.07, 6.45) is 6.51. The van der Waals surface area contributed by atoms with Gasteiger partial charge in [0.2, 0.25) is 0 Å². The zero-order valence-electron chi connectivity index (χ0n) is 9.83. The number of hydrogen-bond donors (Lipinski definition) is 1. The maximum atomic E-state index is 13.4. The van der Waals surface area contributed by atoms with Gasteiger partial charge in [-0.25, -0.2) is 4.39 Å². The minimum Gasteiger partial charge on any atom is -0.388 e. The first-order chi connectivity index (χ1) is 8.16. The number of aliphatic hydroxyl groups excluding tert-OH is 1. The maximum Gasteiger partial charge on any atom is 0.137 e. The molecule has 94 valence electrons. The van der Waals surface area contributed by atoms with Gasteiger partial charge < -0.3 is 5.11 Å². The smallest absolute Gasteiger partial charge is 0.137 e. The monoisotopic (exact) mass is 300 g/mol. The first kappa shape index (κ1) is 13.0. The summed E-state index contributed by atoms with van der Waals surface area (Å²) in [5, 5.41) is 10.1. The van der Waals surface area contributed by atoms with Crippen LogP contribution in [0.2, 0.25) is 0 Å². The van der Waals surface area contributed by atoms with Crippen molar-refractivity contribution in [3.05, 3.63) is 34.1 Å². The standard InChI is InChI=1S/C14H18BrFO/c15-12-7-6-11(9-13(12)16)14(17)8-10-4-2-1-3-5-10/h6-7,9-10,14,17H,1-5,8H2. The van der Waals surface area contributed by atoms with E-state index in [9.17, 15) is 9.50 Å². The Kier molecular flexibility index (Phi) is 4.57. The molecule has 0 spiro atoms. The van der Waals surface area contributed by atoms with E-state index in [1.54, 1.807) is 12.1 Å².